The lowest BCUT2D eigenvalue weighted by Gasteiger charge is -2.36. The maximum atomic E-state index is 12.2. The summed E-state index contributed by atoms with van der Waals surface area (Å²) in [6.45, 7) is 4.65. The first kappa shape index (κ1) is 25.5. The fourth-order valence-electron chi connectivity index (χ4n) is 5.09. The summed E-state index contributed by atoms with van der Waals surface area (Å²) < 4.78 is 2.19. The van der Waals surface area contributed by atoms with Crippen molar-refractivity contribution in [1.82, 2.24) is 24.7 Å². The molecule has 0 aliphatic carbocycles. The number of nitrogens with one attached hydrogen (secondary N) is 1. The highest BCUT2D eigenvalue weighted by Crippen LogP contribution is 2.30. The molecule has 0 bridgehead atoms. The Labute approximate surface area is 223 Å². The van der Waals surface area contributed by atoms with Gasteiger partial charge in [0.25, 0.3) is 11.8 Å². The molecule has 3 heterocycles. The van der Waals surface area contributed by atoms with Gasteiger partial charge in [-0.2, -0.15) is 0 Å². The lowest BCUT2D eigenvalue weighted by atomic mass is 10.0. The fourth-order valence-corrected chi connectivity index (χ4v) is 5.09. The smallest absolute Gasteiger partial charge is 0.253 e. The van der Waals surface area contributed by atoms with Crippen molar-refractivity contribution < 1.29 is 9.59 Å². The molecule has 4 aromatic rings. The van der Waals surface area contributed by atoms with E-state index in [1.54, 1.807) is 26.0 Å². The van der Waals surface area contributed by atoms with Crippen LogP contribution in [0.4, 0.5) is 5.69 Å². The molecule has 1 aliphatic rings. The van der Waals surface area contributed by atoms with Crippen molar-refractivity contribution in [3.05, 3.63) is 83.7 Å². The number of carbonyl (C=O) groups is 2. The first-order chi connectivity index (χ1) is 18.4. The van der Waals surface area contributed by atoms with Crippen molar-refractivity contribution in [2.45, 2.75) is 6.54 Å². The molecule has 5 rings (SSSR count). The Morgan fingerprint density at radius 3 is 2.21 bits per heavy atom. The first-order valence-corrected chi connectivity index (χ1v) is 12.9. The summed E-state index contributed by atoms with van der Waals surface area (Å²) in [4.78, 5) is 35.2. The Balaban J connectivity index is 1.28. The number of nitrogens with zero attached hydrogens (tertiary/aromatic N) is 5. The number of pyridine rings is 1. The summed E-state index contributed by atoms with van der Waals surface area (Å²) in [5, 5.41) is 3.78. The highest BCUT2D eigenvalue weighted by Gasteiger charge is 2.20. The zero-order valence-electron chi connectivity index (χ0n) is 22.4. The molecule has 1 N–H and O–H groups in total. The molecule has 0 atom stereocenters. The summed E-state index contributed by atoms with van der Waals surface area (Å²) in [6, 6.07) is 19.9. The third kappa shape index (κ3) is 4.99. The molecule has 0 spiro atoms. The molecule has 1 saturated heterocycles. The Hall–Kier alpha value is -4.17. The number of carbonyl (C=O) groups excluding carboxylic acids is 2. The van der Waals surface area contributed by atoms with Crippen molar-refractivity contribution in [2.75, 3.05) is 52.2 Å². The van der Waals surface area contributed by atoms with Crippen LogP contribution in [0.3, 0.4) is 0 Å². The van der Waals surface area contributed by atoms with Crippen LogP contribution in [-0.2, 0) is 13.6 Å². The van der Waals surface area contributed by atoms with Gasteiger partial charge in [0.15, 0.2) is 0 Å². The second-order valence-electron chi connectivity index (χ2n) is 9.96. The van der Waals surface area contributed by atoms with Crippen molar-refractivity contribution in [3.8, 4) is 11.1 Å². The second kappa shape index (κ2) is 10.7. The van der Waals surface area contributed by atoms with Crippen LogP contribution in [0, 0.1) is 0 Å². The summed E-state index contributed by atoms with van der Waals surface area (Å²) in [6.07, 6.45) is 1.85. The van der Waals surface area contributed by atoms with Crippen molar-refractivity contribution in [3.63, 3.8) is 0 Å². The molecule has 1 aliphatic heterocycles. The van der Waals surface area contributed by atoms with Crippen LogP contribution in [0.1, 0.15) is 26.4 Å². The normalized spacial score (nSPS) is 14.1. The number of aromatic nitrogens is 2. The van der Waals surface area contributed by atoms with E-state index in [4.69, 9.17) is 0 Å². The van der Waals surface area contributed by atoms with Gasteiger partial charge in [-0.05, 0) is 59.7 Å². The van der Waals surface area contributed by atoms with E-state index in [9.17, 15) is 9.59 Å². The van der Waals surface area contributed by atoms with Crippen LogP contribution in [0.5, 0.6) is 0 Å². The summed E-state index contributed by atoms with van der Waals surface area (Å²) in [7, 11) is 7.26. The maximum absolute atomic E-state index is 12.2. The Bertz CT molecular complexity index is 1450. The molecule has 8 heteroatoms. The molecule has 2 aromatic carbocycles. The third-order valence-corrected chi connectivity index (χ3v) is 7.36. The SMILES string of the molecule is CNC(=O)c1ccc(-c2ccnc3c2cc(CN2CCN(c4ccc(C(=O)N(C)C)cc4)CC2)n3C)cc1. The first-order valence-electron chi connectivity index (χ1n) is 12.9. The van der Waals surface area contributed by atoms with Crippen LogP contribution in [0.15, 0.2) is 66.9 Å². The lowest BCUT2D eigenvalue weighted by Crippen LogP contribution is -2.46. The molecule has 0 saturated carbocycles. The van der Waals surface area contributed by atoms with Gasteiger partial charge >= 0.3 is 0 Å². The van der Waals surface area contributed by atoms with Crippen LogP contribution < -0.4 is 10.2 Å². The second-order valence-corrected chi connectivity index (χ2v) is 9.96. The zero-order chi connectivity index (χ0) is 26.8. The fraction of sp³-hybridized carbons (Fsp3) is 0.300. The van der Waals surface area contributed by atoms with Crippen molar-refractivity contribution in [2.24, 2.45) is 7.05 Å². The molecular weight excluding hydrogens is 476 g/mol. The molecule has 1 fully saturated rings. The predicted molar refractivity (Wildman–Crippen MR) is 151 cm³/mol. The average molecular weight is 511 g/mol. The molecular formula is C30H34N6O2. The monoisotopic (exact) mass is 510 g/mol. The van der Waals surface area contributed by atoms with Crippen LogP contribution >= 0.6 is 0 Å². The van der Waals surface area contributed by atoms with Gasteiger partial charge in [-0.1, -0.05) is 12.1 Å². The summed E-state index contributed by atoms with van der Waals surface area (Å²) in [5.41, 5.74) is 6.87. The van der Waals surface area contributed by atoms with E-state index in [-0.39, 0.29) is 11.8 Å². The minimum absolute atomic E-state index is 0.0230. The van der Waals surface area contributed by atoms with E-state index in [1.165, 1.54) is 5.69 Å². The van der Waals surface area contributed by atoms with Crippen molar-refractivity contribution in [1.29, 1.82) is 0 Å². The standard InChI is InChI=1S/C30H34N6O2/c1-31-29(37)22-7-5-21(6-8-22)26-13-14-32-28-27(26)19-25(34(28)4)20-35-15-17-36(18-16-35)24-11-9-23(10-12-24)30(38)33(2)3/h5-14,19H,15-18,20H2,1-4H3,(H,31,37). The number of fused-ring (bicyclic) bond motifs is 1. The van der Waals surface area contributed by atoms with Gasteiger partial charge in [0, 0.05) is 95.0 Å². The molecule has 0 unspecified atom stereocenters. The molecule has 0 radical (unpaired) electrons. The molecule has 196 valence electrons. The van der Waals surface area contributed by atoms with Crippen LogP contribution in [0.2, 0.25) is 0 Å². The number of hydrogen-bond donors (Lipinski definition) is 1. The van der Waals surface area contributed by atoms with E-state index < -0.39 is 0 Å². The predicted octanol–water partition coefficient (Wildman–Crippen LogP) is 3.62. The van der Waals surface area contributed by atoms with Gasteiger partial charge in [-0.15, -0.1) is 0 Å². The number of piperazine rings is 1. The number of amides is 2. The third-order valence-electron chi connectivity index (χ3n) is 7.36. The minimum Gasteiger partial charge on any atom is -0.369 e. The van der Waals surface area contributed by atoms with Gasteiger partial charge < -0.3 is 19.7 Å². The number of aryl methyl sites for hydroxylation is 1. The highest BCUT2D eigenvalue weighted by atomic mass is 16.2. The number of hydrogen-bond acceptors (Lipinski definition) is 5. The number of anilines is 1. The zero-order valence-corrected chi connectivity index (χ0v) is 22.4. The minimum atomic E-state index is -0.0880. The molecule has 8 nitrogen and oxygen atoms in total. The van der Waals surface area contributed by atoms with E-state index in [2.05, 4.69) is 37.8 Å². The number of rotatable bonds is 6. The Morgan fingerprint density at radius 1 is 0.921 bits per heavy atom. The van der Waals surface area contributed by atoms with E-state index >= 15 is 0 Å². The largest absolute Gasteiger partial charge is 0.369 e. The Kier molecular flexibility index (Phi) is 7.15. The van der Waals surface area contributed by atoms with Crippen LogP contribution in [-0.4, -0.2) is 78.5 Å². The summed E-state index contributed by atoms with van der Waals surface area (Å²) >= 11 is 0. The van der Waals surface area contributed by atoms with E-state index in [0.29, 0.717) is 11.1 Å². The highest BCUT2D eigenvalue weighted by molar-refractivity contribution is 5.97. The quantitative estimate of drug-likeness (QED) is 0.429. The average Bonchev–Trinajstić information content (AvgIpc) is 3.27. The summed E-state index contributed by atoms with van der Waals surface area (Å²) in [5.74, 6) is -0.0650. The van der Waals surface area contributed by atoms with Gasteiger partial charge in [0.1, 0.15) is 5.65 Å². The van der Waals surface area contributed by atoms with Crippen LogP contribution in [0.25, 0.3) is 22.2 Å². The molecule has 38 heavy (non-hydrogen) atoms. The van der Waals surface area contributed by atoms with Gasteiger partial charge in [0.2, 0.25) is 0 Å². The van der Waals surface area contributed by atoms with Crippen molar-refractivity contribution >= 4 is 28.5 Å². The number of benzene rings is 2. The molecule has 2 aromatic heterocycles. The van der Waals surface area contributed by atoms with Gasteiger partial charge in [0.05, 0.1) is 0 Å². The van der Waals surface area contributed by atoms with E-state index in [1.807, 2.05) is 60.8 Å². The Morgan fingerprint density at radius 2 is 1.58 bits per heavy atom. The van der Waals surface area contributed by atoms with Gasteiger partial charge in [-0.3, -0.25) is 14.5 Å². The van der Waals surface area contributed by atoms with Gasteiger partial charge in [-0.25, -0.2) is 4.98 Å². The molecule has 2 amide bonds. The maximum Gasteiger partial charge on any atom is 0.253 e. The van der Waals surface area contributed by atoms with E-state index in [0.717, 1.165) is 60.6 Å². The lowest BCUT2D eigenvalue weighted by molar-refractivity contribution is 0.0827. The topological polar surface area (TPSA) is 73.7 Å².